The topological polar surface area (TPSA) is 9.23 Å². The summed E-state index contributed by atoms with van der Waals surface area (Å²) in [5.41, 5.74) is 5.20. The molecular weight excluding hydrogens is 649 g/mol. The van der Waals surface area contributed by atoms with Gasteiger partial charge in [0.25, 0.3) is 0 Å². The molecule has 4 bridgehead atoms. The summed E-state index contributed by atoms with van der Waals surface area (Å²) in [6.45, 7) is 52.4. The van der Waals surface area contributed by atoms with Crippen LogP contribution in [0.3, 0.4) is 0 Å². The second-order valence-corrected chi connectivity index (χ2v) is 87.0. The van der Waals surface area contributed by atoms with Crippen LogP contribution in [0.5, 0.6) is 0 Å². The van der Waals surface area contributed by atoms with Crippen LogP contribution in [0.15, 0.2) is 22.2 Å². The summed E-state index contributed by atoms with van der Waals surface area (Å²) in [5, 5.41) is 0.00245. The Labute approximate surface area is 277 Å². The summed E-state index contributed by atoms with van der Waals surface area (Å²) in [7, 11) is -13.6. The van der Waals surface area contributed by atoms with E-state index >= 15 is 0 Å². The molecule has 4 fully saturated rings. The molecule has 248 valence electrons. The van der Waals surface area contributed by atoms with Crippen molar-refractivity contribution in [1.82, 2.24) is 0 Å². The normalized spacial score (nSPS) is 34.2. The van der Waals surface area contributed by atoms with Crippen molar-refractivity contribution in [1.29, 1.82) is 0 Å². The number of hydrogen-bond donors (Lipinski definition) is 0. The van der Waals surface area contributed by atoms with Crippen LogP contribution < -0.4 is 0 Å². The molecule has 5 rings (SSSR count). The van der Waals surface area contributed by atoms with Crippen molar-refractivity contribution >= 4 is 61.0 Å². The number of rotatable bonds is 9. The molecule has 1 nitrogen and oxygen atoms in total. The van der Waals surface area contributed by atoms with Crippen LogP contribution >= 0.6 is 0 Å². The Morgan fingerprint density at radius 1 is 0.605 bits per heavy atom. The lowest BCUT2D eigenvalue weighted by molar-refractivity contribution is -0.118. The maximum atomic E-state index is 8.95. The van der Waals surface area contributed by atoms with E-state index in [1.165, 1.54) is 38.5 Å². The molecule has 0 spiro atoms. The van der Waals surface area contributed by atoms with Gasteiger partial charge in [0.05, 0.1) is 43.7 Å². The maximum Gasteiger partial charge on any atom is 0.190 e. The molecule has 0 amide bonds. The summed E-state index contributed by atoms with van der Waals surface area (Å²) in [6.07, 6.45) is 11.9. The zero-order valence-electron chi connectivity index (χ0n) is 32.5. The SMILES string of the molecule is C[Si](C)(C)C1(C23CC4CC(CC(C4)C2)C3)O[Si]([Si](C)(C)C)([Si](C)(C)C)C([Si](C)(C)[Si](C)(C)C)=C1/C=C/[Si](C)(C)[Si](C)(C)C. The standard InChI is InChI=1S/C34H74OSi8/c1-36(2,3)34(33-25-28-22-29(26-33)24-30(23-28)27-33)31(20-21-41(16,17)37(4,5)6)32(42(18,19)38(7,8)9)43(35-34,39(10,11)12)40(13,14)15/h20-21,28-30H,22-27H2,1-19H3/b21-20+. The average Bonchev–Trinajstić information content (AvgIpc) is 3.10. The molecule has 43 heavy (non-hydrogen) atoms. The van der Waals surface area contributed by atoms with Crippen LogP contribution in [0.1, 0.15) is 38.5 Å². The largest absolute Gasteiger partial charge is 0.411 e. The van der Waals surface area contributed by atoms with Crippen molar-refractivity contribution in [3.05, 3.63) is 22.2 Å². The van der Waals surface area contributed by atoms with Gasteiger partial charge in [0.1, 0.15) is 0 Å². The van der Waals surface area contributed by atoms with Crippen LogP contribution in [0, 0.1) is 23.2 Å². The lowest BCUT2D eigenvalue weighted by atomic mass is 9.47. The van der Waals surface area contributed by atoms with Gasteiger partial charge >= 0.3 is 0 Å². The molecule has 0 radical (unpaired) electrons. The predicted molar refractivity (Wildman–Crippen MR) is 218 cm³/mol. The molecule has 4 aliphatic carbocycles. The highest BCUT2D eigenvalue weighted by Gasteiger charge is 2.77. The summed E-state index contributed by atoms with van der Waals surface area (Å²) in [4.78, 5) is 2.13. The van der Waals surface area contributed by atoms with Crippen molar-refractivity contribution < 1.29 is 4.43 Å². The first kappa shape index (κ1) is 37.0. The smallest absolute Gasteiger partial charge is 0.190 e. The third kappa shape index (κ3) is 5.42. The molecule has 0 aromatic rings. The molecule has 0 aromatic carbocycles. The van der Waals surface area contributed by atoms with Gasteiger partial charge in [0.15, 0.2) is 7.35 Å². The zero-order valence-corrected chi connectivity index (χ0v) is 40.5. The van der Waals surface area contributed by atoms with Gasteiger partial charge in [-0.25, -0.2) is 0 Å². The van der Waals surface area contributed by atoms with Gasteiger partial charge in [-0.2, -0.15) is 0 Å². The van der Waals surface area contributed by atoms with Gasteiger partial charge in [-0.3, -0.25) is 0 Å². The summed E-state index contributed by atoms with van der Waals surface area (Å²) >= 11 is 0. The molecule has 4 saturated carbocycles. The van der Waals surface area contributed by atoms with Crippen LogP contribution in [0.2, 0.25) is 124 Å². The fourth-order valence-corrected chi connectivity index (χ4v) is 87.9. The van der Waals surface area contributed by atoms with E-state index in [0.29, 0.717) is 5.41 Å². The predicted octanol–water partition coefficient (Wildman–Crippen LogP) is 11.3. The van der Waals surface area contributed by atoms with Crippen molar-refractivity contribution in [2.45, 2.75) is 168 Å². The van der Waals surface area contributed by atoms with Crippen LogP contribution in [0.25, 0.3) is 0 Å². The molecule has 1 heterocycles. The van der Waals surface area contributed by atoms with Crippen LogP contribution in [-0.2, 0) is 4.43 Å². The van der Waals surface area contributed by atoms with Crippen molar-refractivity contribution in [2.75, 3.05) is 0 Å². The van der Waals surface area contributed by atoms with E-state index in [1.807, 2.05) is 5.57 Å². The maximum absolute atomic E-state index is 8.95. The Morgan fingerprint density at radius 2 is 1.00 bits per heavy atom. The average molecular weight is 724 g/mol. The minimum absolute atomic E-state index is 0.00245. The lowest BCUT2D eigenvalue weighted by Gasteiger charge is -2.67. The van der Waals surface area contributed by atoms with E-state index < -0.39 is 61.0 Å². The Balaban J connectivity index is 2.26. The highest BCUT2D eigenvalue weighted by Crippen LogP contribution is 2.71. The van der Waals surface area contributed by atoms with Crippen molar-refractivity contribution in [3.8, 4) is 0 Å². The van der Waals surface area contributed by atoms with Gasteiger partial charge in [0, 0.05) is 20.6 Å². The second-order valence-electron chi connectivity index (χ2n) is 22.4. The van der Waals surface area contributed by atoms with E-state index in [-0.39, 0.29) is 5.22 Å². The molecule has 1 atom stereocenters. The quantitative estimate of drug-likeness (QED) is 0.215. The Kier molecular flexibility index (Phi) is 9.11. The van der Waals surface area contributed by atoms with Crippen LogP contribution in [0.4, 0.5) is 0 Å². The zero-order chi connectivity index (χ0) is 33.3. The van der Waals surface area contributed by atoms with Gasteiger partial charge in [-0.1, -0.05) is 141 Å². The second kappa shape index (κ2) is 10.6. The van der Waals surface area contributed by atoms with Gasteiger partial charge < -0.3 is 4.43 Å². The van der Waals surface area contributed by atoms with E-state index in [9.17, 15) is 0 Å². The summed E-state index contributed by atoms with van der Waals surface area (Å²) in [5.74, 6) is 2.88. The first-order valence-corrected chi connectivity index (χ1v) is 47.5. The highest BCUT2D eigenvalue weighted by molar-refractivity contribution is 7.73. The minimum Gasteiger partial charge on any atom is -0.411 e. The fraction of sp³-hybridized carbons (Fsp3) is 0.882. The first-order valence-electron chi connectivity index (χ1n) is 18.1. The first-order chi connectivity index (χ1) is 18.9. The van der Waals surface area contributed by atoms with E-state index in [1.54, 1.807) is 0 Å². The monoisotopic (exact) mass is 722 g/mol. The highest BCUT2D eigenvalue weighted by atomic mass is 29.7. The van der Waals surface area contributed by atoms with Crippen molar-refractivity contribution in [3.63, 3.8) is 0 Å². The molecule has 1 aliphatic heterocycles. The molecule has 0 aromatic heterocycles. The molecule has 5 aliphatic rings. The van der Waals surface area contributed by atoms with Gasteiger partial charge in [-0.15, -0.1) is 0 Å². The summed E-state index contributed by atoms with van der Waals surface area (Å²) in [6, 6.07) is 0. The van der Waals surface area contributed by atoms with E-state index in [4.69, 9.17) is 4.43 Å². The Morgan fingerprint density at radius 3 is 1.30 bits per heavy atom. The van der Waals surface area contributed by atoms with Crippen molar-refractivity contribution in [2.24, 2.45) is 23.2 Å². The number of hydrogen-bond acceptors (Lipinski definition) is 1. The Hall–Kier alpha value is 1.18. The van der Waals surface area contributed by atoms with Gasteiger partial charge in [-0.05, 0) is 61.9 Å². The molecule has 0 N–H and O–H groups in total. The van der Waals surface area contributed by atoms with E-state index in [0.717, 1.165) is 17.8 Å². The molecular formula is C34H74OSi8. The van der Waals surface area contributed by atoms with E-state index in [2.05, 4.69) is 141 Å². The molecule has 9 heteroatoms. The fourth-order valence-electron chi connectivity index (χ4n) is 11.1. The summed E-state index contributed by atoms with van der Waals surface area (Å²) < 4.78 is 8.95. The Bertz CT molecular complexity index is 1110. The lowest BCUT2D eigenvalue weighted by Crippen LogP contribution is -2.80. The molecule has 1 unspecified atom stereocenters. The minimum atomic E-state index is -2.25. The third-order valence-corrected chi connectivity index (χ3v) is 91.1. The third-order valence-electron chi connectivity index (χ3n) is 14.4. The van der Waals surface area contributed by atoms with Crippen LogP contribution in [-0.4, -0.2) is 66.2 Å². The molecule has 0 saturated heterocycles. The van der Waals surface area contributed by atoms with Gasteiger partial charge in [0.2, 0.25) is 0 Å².